The highest BCUT2D eigenvalue weighted by Gasteiger charge is 2.36. The third-order valence-electron chi connectivity index (χ3n) is 4.05. The molecular weight excluding hydrogens is 359 g/mol. The van der Waals surface area contributed by atoms with Crippen LogP contribution in [-0.4, -0.2) is 20.6 Å². The molecule has 3 rings (SSSR count). The van der Waals surface area contributed by atoms with Crippen LogP contribution in [0.5, 0.6) is 0 Å². The summed E-state index contributed by atoms with van der Waals surface area (Å²) in [6.45, 7) is 2.16. The number of furan rings is 1. The third kappa shape index (κ3) is 4.72. The maximum Gasteiger partial charge on any atom is 0.248 e. The van der Waals surface area contributed by atoms with Crippen LogP contribution in [0.2, 0.25) is 0 Å². The molecule has 2 atom stereocenters. The summed E-state index contributed by atoms with van der Waals surface area (Å²) in [5, 5.41) is 2.55. The summed E-state index contributed by atoms with van der Waals surface area (Å²) in [5.41, 5.74) is 0.0302. The van der Waals surface area contributed by atoms with Crippen LogP contribution in [-0.2, 0) is 14.8 Å². The van der Waals surface area contributed by atoms with Gasteiger partial charge in [-0.1, -0.05) is 6.92 Å². The second kappa shape index (κ2) is 6.95. The zero-order chi connectivity index (χ0) is 18.9. The van der Waals surface area contributed by atoms with Crippen molar-refractivity contribution in [3.8, 4) is 0 Å². The van der Waals surface area contributed by atoms with Crippen molar-refractivity contribution in [2.45, 2.75) is 19.3 Å². The summed E-state index contributed by atoms with van der Waals surface area (Å²) in [7, 11) is -3.62. The minimum Gasteiger partial charge on any atom is -0.461 e. The van der Waals surface area contributed by atoms with Crippen LogP contribution >= 0.6 is 0 Å². The van der Waals surface area contributed by atoms with Gasteiger partial charge in [0, 0.05) is 17.7 Å². The fourth-order valence-corrected chi connectivity index (χ4v) is 3.15. The zero-order valence-electron chi connectivity index (χ0n) is 14.3. The van der Waals surface area contributed by atoms with Crippen LogP contribution in [0.3, 0.4) is 0 Å². The van der Waals surface area contributed by atoms with Crippen LogP contribution < -0.4 is 10.0 Å². The lowest BCUT2D eigenvalue weighted by Crippen LogP contribution is -2.12. The van der Waals surface area contributed by atoms with Crippen LogP contribution in [0, 0.1) is 11.7 Å². The van der Waals surface area contributed by atoms with Crippen molar-refractivity contribution in [2.75, 3.05) is 16.3 Å². The lowest BCUT2D eigenvalue weighted by atomic mass is 10.2. The highest BCUT2D eigenvalue weighted by atomic mass is 32.2. The largest absolute Gasteiger partial charge is 0.461 e. The van der Waals surface area contributed by atoms with Gasteiger partial charge in [0.2, 0.25) is 15.9 Å². The number of carbonyl (C=O) groups is 1. The van der Waals surface area contributed by atoms with E-state index < -0.39 is 21.7 Å². The topological polar surface area (TPSA) is 88.4 Å². The number of amides is 1. The minimum absolute atomic E-state index is 0.233. The van der Waals surface area contributed by atoms with E-state index in [0.29, 0.717) is 17.6 Å². The fourth-order valence-electron chi connectivity index (χ4n) is 2.60. The molecule has 1 heterocycles. The molecule has 0 unspecified atom stereocenters. The number of hydrogen-bond donors (Lipinski definition) is 2. The Hall–Kier alpha value is -2.61. The Morgan fingerprint density at radius 2 is 2.04 bits per heavy atom. The number of carbonyl (C=O) groups excluding carboxylic acids is 1. The second-order valence-electron chi connectivity index (χ2n) is 6.45. The molecule has 1 aliphatic rings. The average molecular weight is 378 g/mol. The number of anilines is 2. The molecule has 26 heavy (non-hydrogen) atoms. The summed E-state index contributed by atoms with van der Waals surface area (Å²) >= 11 is 0. The van der Waals surface area contributed by atoms with E-state index in [9.17, 15) is 17.6 Å². The van der Waals surface area contributed by atoms with E-state index in [1.807, 2.05) is 6.07 Å². The van der Waals surface area contributed by atoms with Crippen molar-refractivity contribution < 1.29 is 22.0 Å². The number of rotatable bonds is 6. The molecule has 1 aromatic carbocycles. The number of nitrogens with one attached hydrogen (secondary N) is 2. The van der Waals surface area contributed by atoms with E-state index in [2.05, 4.69) is 17.0 Å². The number of halogens is 1. The standard InChI is InChI=1S/C18H19FN2O4S/c1-11-9-14(11)17-7-4-13(25-17)5-8-18(22)20-12-3-6-15(19)16(10-12)21-26(2,23)24/h3-8,10-11,14,21H,9H2,1-2H3,(H,20,22)/b8-5-/t11-,14+/m1/s1. The van der Waals surface area contributed by atoms with Crippen molar-refractivity contribution in [1.29, 1.82) is 0 Å². The monoisotopic (exact) mass is 378 g/mol. The summed E-state index contributed by atoms with van der Waals surface area (Å²) < 4.78 is 43.8. The van der Waals surface area contributed by atoms with E-state index in [1.165, 1.54) is 18.2 Å². The minimum atomic E-state index is -3.62. The van der Waals surface area contributed by atoms with E-state index in [0.717, 1.165) is 24.5 Å². The molecule has 8 heteroatoms. The molecule has 0 bridgehead atoms. The van der Waals surface area contributed by atoms with Crippen LogP contribution in [0.25, 0.3) is 6.08 Å². The van der Waals surface area contributed by atoms with Crippen molar-refractivity contribution in [3.63, 3.8) is 0 Å². The van der Waals surface area contributed by atoms with E-state index in [4.69, 9.17) is 4.42 Å². The Balaban J connectivity index is 1.64. The van der Waals surface area contributed by atoms with Crippen molar-refractivity contribution in [3.05, 3.63) is 53.7 Å². The first-order valence-corrected chi connectivity index (χ1v) is 9.96. The summed E-state index contributed by atoms with van der Waals surface area (Å²) in [4.78, 5) is 12.0. The van der Waals surface area contributed by atoms with Crippen LogP contribution in [0.1, 0.15) is 30.8 Å². The van der Waals surface area contributed by atoms with Gasteiger partial charge in [-0.3, -0.25) is 9.52 Å². The average Bonchev–Trinajstić information content (AvgIpc) is 3.08. The normalized spacial score (nSPS) is 19.5. The molecule has 1 aromatic heterocycles. The maximum atomic E-state index is 13.6. The molecule has 0 aliphatic heterocycles. The molecule has 0 spiro atoms. The molecule has 0 saturated heterocycles. The van der Waals surface area contributed by atoms with Crippen molar-refractivity contribution in [1.82, 2.24) is 0 Å². The number of hydrogen-bond acceptors (Lipinski definition) is 4. The molecule has 2 aromatic rings. The quantitative estimate of drug-likeness (QED) is 0.752. The lowest BCUT2D eigenvalue weighted by Gasteiger charge is -2.08. The molecule has 1 fully saturated rings. The molecule has 6 nitrogen and oxygen atoms in total. The second-order valence-corrected chi connectivity index (χ2v) is 8.20. The number of sulfonamides is 1. The zero-order valence-corrected chi connectivity index (χ0v) is 15.1. The van der Waals surface area contributed by atoms with Gasteiger partial charge in [0.15, 0.2) is 0 Å². The van der Waals surface area contributed by atoms with Gasteiger partial charge in [-0.05, 0) is 48.7 Å². The van der Waals surface area contributed by atoms with Crippen molar-refractivity contribution in [2.24, 2.45) is 5.92 Å². The van der Waals surface area contributed by atoms with E-state index in [-0.39, 0.29) is 11.4 Å². The Labute approximate surface area is 151 Å². The van der Waals surface area contributed by atoms with Gasteiger partial charge in [-0.2, -0.15) is 0 Å². The Morgan fingerprint density at radius 1 is 1.31 bits per heavy atom. The first kappa shape index (κ1) is 18.2. The van der Waals surface area contributed by atoms with Gasteiger partial charge >= 0.3 is 0 Å². The highest BCUT2D eigenvalue weighted by molar-refractivity contribution is 7.92. The molecular formula is C18H19FN2O4S. The Morgan fingerprint density at radius 3 is 2.69 bits per heavy atom. The lowest BCUT2D eigenvalue weighted by molar-refractivity contribution is -0.111. The Kier molecular flexibility index (Phi) is 4.86. The molecule has 1 saturated carbocycles. The fraction of sp³-hybridized carbons (Fsp3) is 0.278. The smallest absolute Gasteiger partial charge is 0.248 e. The van der Waals surface area contributed by atoms with Crippen LogP contribution in [0.4, 0.5) is 15.8 Å². The van der Waals surface area contributed by atoms with E-state index >= 15 is 0 Å². The SMILES string of the molecule is C[C@@H]1C[C@@H]1c1ccc(/C=C\C(=O)Nc2ccc(F)c(NS(C)(=O)=O)c2)o1. The Bertz CT molecular complexity index is 965. The molecule has 2 N–H and O–H groups in total. The van der Waals surface area contributed by atoms with Crippen LogP contribution in [0.15, 0.2) is 40.8 Å². The van der Waals surface area contributed by atoms with Gasteiger partial charge in [-0.25, -0.2) is 12.8 Å². The number of benzene rings is 1. The van der Waals surface area contributed by atoms with E-state index in [1.54, 1.807) is 12.1 Å². The molecule has 1 amide bonds. The first-order chi connectivity index (χ1) is 12.2. The summed E-state index contributed by atoms with van der Waals surface area (Å²) in [6, 6.07) is 7.34. The van der Waals surface area contributed by atoms with Gasteiger partial charge < -0.3 is 9.73 Å². The highest BCUT2D eigenvalue weighted by Crippen LogP contribution is 2.47. The summed E-state index contributed by atoms with van der Waals surface area (Å²) in [5.74, 6) is 1.42. The predicted molar refractivity (Wildman–Crippen MR) is 97.8 cm³/mol. The van der Waals surface area contributed by atoms with Crippen molar-refractivity contribution >= 4 is 33.4 Å². The van der Waals surface area contributed by atoms with Gasteiger partial charge in [-0.15, -0.1) is 0 Å². The molecule has 1 aliphatic carbocycles. The maximum absolute atomic E-state index is 13.6. The first-order valence-electron chi connectivity index (χ1n) is 8.07. The van der Waals surface area contributed by atoms with Gasteiger partial charge in [0.05, 0.1) is 11.9 Å². The molecule has 138 valence electrons. The predicted octanol–water partition coefficient (Wildman–Crippen LogP) is 3.57. The van der Waals surface area contributed by atoms with Gasteiger partial charge in [0.1, 0.15) is 17.3 Å². The third-order valence-corrected chi connectivity index (χ3v) is 4.64. The van der Waals surface area contributed by atoms with Gasteiger partial charge in [0.25, 0.3) is 0 Å². The summed E-state index contributed by atoms with van der Waals surface area (Å²) in [6.07, 6.45) is 4.88. The molecule has 0 radical (unpaired) electrons.